The third-order valence-electron chi connectivity index (χ3n) is 3.93. The predicted octanol–water partition coefficient (Wildman–Crippen LogP) is 2.89. The third-order valence-corrected chi connectivity index (χ3v) is 5.23. The zero-order valence-corrected chi connectivity index (χ0v) is 13.1. The summed E-state index contributed by atoms with van der Waals surface area (Å²) in [5.74, 6) is 1.12. The zero-order valence-electron chi connectivity index (χ0n) is 11.5. The molecule has 2 aromatic heterocycles. The quantitative estimate of drug-likeness (QED) is 0.944. The number of fused-ring (bicyclic) bond motifs is 1. The number of aromatic nitrogens is 2. The molecule has 4 nitrogen and oxygen atoms in total. The molecule has 0 bridgehead atoms. The number of thiophene rings is 1. The van der Waals surface area contributed by atoms with Crippen LogP contribution in [0.4, 0.5) is 0 Å². The molecule has 2 aromatic rings. The number of nitrogens with zero attached hydrogens (tertiary/aromatic N) is 3. The minimum Gasteiger partial charge on any atom is -0.333 e. The van der Waals surface area contributed by atoms with Gasteiger partial charge in [0.25, 0.3) is 0 Å². The molecule has 3 rings (SSSR count). The lowest BCUT2D eigenvalue weighted by atomic mass is 10.0. The average molecular weight is 311 g/mol. The van der Waals surface area contributed by atoms with Gasteiger partial charge in [0, 0.05) is 36.4 Å². The number of hydrogen-bond donors (Lipinski definition) is 1. The molecule has 3 heterocycles. The Morgan fingerprint density at radius 3 is 3.00 bits per heavy atom. The van der Waals surface area contributed by atoms with Crippen molar-refractivity contribution in [2.24, 2.45) is 5.73 Å². The number of nitrogens with two attached hydrogens (primary N) is 1. The molecule has 0 spiro atoms. The summed E-state index contributed by atoms with van der Waals surface area (Å²) in [5.41, 5.74) is 6.38. The van der Waals surface area contributed by atoms with Gasteiger partial charge in [-0.2, -0.15) is 0 Å². The van der Waals surface area contributed by atoms with Crippen molar-refractivity contribution in [2.45, 2.75) is 38.5 Å². The summed E-state index contributed by atoms with van der Waals surface area (Å²) in [6, 6.07) is 4.41. The molecule has 0 radical (unpaired) electrons. The summed E-state index contributed by atoms with van der Waals surface area (Å²) in [4.78, 5) is 8.11. The van der Waals surface area contributed by atoms with Gasteiger partial charge >= 0.3 is 0 Å². The number of imidazole rings is 1. The van der Waals surface area contributed by atoms with E-state index in [2.05, 4.69) is 27.4 Å². The highest BCUT2D eigenvalue weighted by Crippen LogP contribution is 2.34. The SMILES string of the molecule is CCC(N)C(c1ccc(Cl)s1)N1CCn2ccnc2C1. The van der Waals surface area contributed by atoms with Gasteiger partial charge in [-0.05, 0) is 18.6 Å². The van der Waals surface area contributed by atoms with E-state index in [9.17, 15) is 0 Å². The third kappa shape index (κ3) is 2.63. The molecule has 108 valence electrons. The lowest BCUT2D eigenvalue weighted by molar-refractivity contribution is 0.132. The molecular weight excluding hydrogens is 292 g/mol. The van der Waals surface area contributed by atoms with Crippen LogP contribution in [-0.2, 0) is 13.1 Å². The Balaban J connectivity index is 1.87. The van der Waals surface area contributed by atoms with Crippen molar-refractivity contribution < 1.29 is 0 Å². The maximum absolute atomic E-state index is 6.38. The van der Waals surface area contributed by atoms with E-state index in [0.717, 1.165) is 36.2 Å². The van der Waals surface area contributed by atoms with Crippen molar-refractivity contribution in [1.82, 2.24) is 14.5 Å². The van der Waals surface area contributed by atoms with Gasteiger partial charge in [0.05, 0.1) is 16.9 Å². The first kappa shape index (κ1) is 14.1. The largest absolute Gasteiger partial charge is 0.333 e. The normalized spacial score (nSPS) is 18.8. The monoisotopic (exact) mass is 310 g/mol. The van der Waals surface area contributed by atoms with E-state index >= 15 is 0 Å². The van der Waals surface area contributed by atoms with Gasteiger partial charge in [0.2, 0.25) is 0 Å². The van der Waals surface area contributed by atoms with Crippen LogP contribution in [0.2, 0.25) is 4.34 Å². The van der Waals surface area contributed by atoms with E-state index < -0.39 is 0 Å². The summed E-state index contributed by atoms with van der Waals surface area (Å²) >= 11 is 7.73. The van der Waals surface area contributed by atoms with Crippen LogP contribution in [0, 0.1) is 0 Å². The Hall–Kier alpha value is -0.880. The van der Waals surface area contributed by atoms with E-state index in [0.29, 0.717) is 0 Å². The number of halogens is 1. The van der Waals surface area contributed by atoms with Crippen LogP contribution in [0.15, 0.2) is 24.5 Å². The van der Waals surface area contributed by atoms with Gasteiger partial charge < -0.3 is 10.3 Å². The van der Waals surface area contributed by atoms with Crippen molar-refractivity contribution in [3.05, 3.63) is 39.6 Å². The van der Waals surface area contributed by atoms with E-state index in [-0.39, 0.29) is 12.1 Å². The van der Waals surface area contributed by atoms with Crippen LogP contribution >= 0.6 is 22.9 Å². The maximum atomic E-state index is 6.38. The summed E-state index contributed by atoms with van der Waals surface area (Å²) in [7, 11) is 0. The molecule has 0 saturated heterocycles. The first-order chi connectivity index (χ1) is 9.69. The fourth-order valence-corrected chi connectivity index (χ4v) is 4.07. The Bertz CT molecular complexity index is 579. The van der Waals surface area contributed by atoms with Crippen molar-refractivity contribution >= 4 is 22.9 Å². The molecule has 1 aliphatic rings. The van der Waals surface area contributed by atoms with Crippen molar-refractivity contribution in [1.29, 1.82) is 0 Å². The maximum Gasteiger partial charge on any atom is 0.122 e. The molecule has 6 heteroatoms. The van der Waals surface area contributed by atoms with Crippen molar-refractivity contribution in [3.63, 3.8) is 0 Å². The van der Waals surface area contributed by atoms with Crippen LogP contribution in [-0.4, -0.2) is 27.0 Å². The van der Waals surface area contributed by atoms with E-state index in [4.69, 9.17) is 17.3 Å². The average Bonchev–Trinajstić information content (AvgIpc) is 3.07. The molecule has 0 fully saturated rings. The lowest BCUT2D eigenvalue weighted by Gasteiger charge is -2.37. The van der Waals surface area contributed by atoms with Gasteiger partial charge in [-0.3, -0.25) is 4.90 Å². The molecule has 20 heavy (non-hydrogen) atoms. The summed E-state index contributed by atoms with van der Waals surface area (Å²) in [6.07, 6.45) is 4.87. The second kappa shape index (κ2) is 5.85. The summed E-state index contributed by atoms with van der Waals surface area (Å²) in [5, 5.41) is 0. The van der Waals surface area contributed by atoms with E-state index in [1.807, 2.05) is 18.5 Å². The number of hydrogen-bond acceptors (Lipinski definition) is 4. The molecule has 0 amide bonds. The Morgan fingerprint density at radius 1 is 1.45 bits per heavy atom. The first-order valence-electron chi connectivity index (χ1n) is 6.94. The molecule has 0 aromatic carbocycles. The highest BCUT2D eigenvalue weighted by Gasteiger charge is 2.30. The predicted molar refractivity (Wildman–Crippen MR) is 83.0 cm³/mol. The summed E-state index contributed by atoms with van der Waals surface area (Å²) < 4.78 is 3.04. The van der Waals surface area contributed by atoms with Crippen LogP contribution in [0.25, 0.3) is 0 Å². The van der Waals surface area contributed by atoms with Crippen LogP contribution in [0.1, 0.15) is 30.1 Å². The van der Waals surface area contributed by atoms with Gasteiger partial charge in [-0.1, -0.05) is 18.5 Å². The second-order valence-electron chi connectivity index (χ2n) is 5.17. The minimum atomic E-state index is 0.117. The Kier molecular flexibility index (Phi) is 4.12. The lowest BCUT2D eigenvalue weighted by Crippen LogP contribution is -2.44. The smallest absolute Gasteiger partial charge is 0.122 e. The van der Waals surface area contributed by atoms with E-state index in [1.165, 1.54) is 4.88 Å². The molecule has 2 atom stereocenters. The standard InChI is InChI=1S/C14H19ClN4S/c1-2-10(16)14(11-3-4-12(15)20-11)19-8-7-18-6-5-17-13(18)9-19/h3-6,10,14H,2,7-9,16H2,1H3. The van der Waals surface area contributed by atoms with Crippen LogP contribution in [0.5, 0.6) is 0 Å². The van der Waals surface area contributed by atoms with Crippen LogP contribution in [0.3, 0.4) is 0 Å². The molecule has 2 N–H and O–H groups in total. The highest BCUT2D eigenvalue weighted by atomic mass is 35.5. The minimum absolute atomic E-state index is 0.117. The highest BCUT2D eigenvalue weighted by molar-refractivity contribution is 7.16. The molecule has 0 saturated carbocycles. The fraction of sp³-hybridized carbons (Fsp3) is 0.500. The van der Waals surface area contributed by atoms with E-state index in [1.54, 1.807) is 11.3 Å². The zero-order chi connectivity index (χ0) is 14.1. The topological polar surface area (TPSA) is 47.1 Å². The van der Waals surface area contributed by atoms with Crippen LogP contribution < -0.4 is 5.73 Å². The Labute approximate surface area is 128 Å². The van der Waals surface area contributed by atoms with Gasteiger partial charge in [0.1, 0.15) is 5.82 Å². The summed E-state index contributed by atoms with van der Waals surface area (Å²) in [6.45, 7) is 4.96. The van der Waals surface area contributed by atoms with Crippen molar-refractivity contribution in [2.75, 3.05) is 6.54 Å². The molecule has 2 unspecified atom stereocenters. The molecule has 0 aliphatic carbocycles. The number of rotatable bonds is 4. The Morgan fingerprint density at radius 2 is 2.30 bits per heavy atom. The first-order valence-corrected chi connectivity index (χ1v) is 8.13. The molecule has 1 aliphatic heterocycles. The van der Waals surface area contributed by atoms with Gasteiger partial charge in [0.15, 0.2) is 0 Å². The second-order valence-corrected chi connectivity index (χ2v) is 6.91. The molecular formula is C14H19ClN4S. The fourth-order valence-electron chi connectivity index (χ4n) is 2.80. The van der Waals surface area contributed by atoms with Gasteiger partial charge in [-0.15, -0.1) is 11.3 Å². The van der Waals surface area contributed by atoms with Gasteiger partial charge in [-0.25, -0.2) is 4.98 Å². The van der Waals surface area contributed by atoms with Crippen molar-refractivity contribution in [3.8, 4) is 0 Å².